The fraction of sp³-hybridized carbons (Fsp3) is 0.520. The molecule has 2 aromatic heterocycles. The number of hydrogen-bond acceptors (Lipinski definition) is 4. The van der Waals surface area contributed by atoms with Crippen LogP contribution in [0.5, 0.6) is 0 Å². The topological polar surface area (TPSA) is 63.1 Å². The van der Waals surface area contributed by atoms with Gasteiger partial charge in [0, 0.05) is 54.7 Å². The normalized spacial score (nSPS) is 19.6. The number of likely N-dealkylation sites (tertiary alicyclic amines) is 1. The zero-order valence-corrected chi connectivity index (χ0v) is 19.8. The Hall–Kier alpha value is -2.58. The minimum Gasteiger partial charge on any atom is -0.381 e. The van der Waals surface area contributed by atoms with Gasteiger partial charge in [0.05, 0.1) is 17.6 Å². The van der Waals surface area contributed by atoms with E-state index in [0.717, 1.165) is 42.9 Å². The van der Waals surface area contributed by atoms with E-state index in [1.54, 1.807) is 0 Å². The van der Waals surface area contributed by atoms with Crippen molar-refractivity contribution in [1.82, 2.24) is 19.4 Å². The maximum absolute atomic E-state index is 13.9. The van der Waals surface area contributed by atoms with Crippen LogP contribution in [0, 0.1) is 24.0 Å². The molecule has 0 radical (unpaired) electrons. The first-order valence-corrected chi connectivity index (χ1v) is 11.5. The monoisotopic (exact) mass is 458 g/mol. The third kappa shape index (κ3) is 4.59. The van der Waals surface area contributed by atoms with Crippen molar-refractivity contribution in [3.05, 3.63) is 63.8 Å². The van der Waals surface area contributed by atoms with Gasteiger partial charge in [0.1, 0.15) is 0 Å². The molecule has 6 nitrogen and oxygen atoms in total. The summed E-state index contributed by atoms with van der Waals surface area (Å²) < 4.78 is 34.8. The minimum atomic E-state index is -0.969. The van der Waals surface area contributed by atoms with Gasteiger partial charge in [-0.25, -0.2) is 13.6 Å². The van der Waals surface area contributed by atoms with Gasteiger partial charge in [-0.2, -0.15) is 0 Å². The van der Waals surface area contributed by atoms with Crippen LogP contribution in [-0.4, -0.2) is 45.7 Å². The molecule has 3 heterocycles. The highest BCUT2D eigenvalue weighted by Gasteiger charge is 2.43. The molecule has 1 aromatic carbocycles. The second kappa shape index (κ2) is 8.99. The smallest absolute Gasteiger partial charge is 0.326 e. The molecule has 178 valence electrons. The number of benzene rings is 1. The van der Waals surface area contributed by atoms with Crippen LogP contribution in [0.2, 0.25) is 0 Å². The molecule has 1 aliphatic rings. The number of aromatic nitrogens is 3. The van der Waals surface area contributed by atoms with Crippen molar-refractivity contribution in [2.45, 2.75) is 52.6 Å². The van der Waals surface area contributed by atoms with E-state index in [4.69, 9.17) is 4.74 Å². The second-order valence-corrected chi connectivity index (χ2v) is 9.67. The van der Waals surface area contributed by atoms with Crippen LogP contribution >= 0.6 is 0 Å². The van der Waals surface area contributed by atoms with Crippen LogP contribution in [0.25, 0.3) is 11.0 Å². The molecule has 8 heteroatoms. The zero-order valence-electron chi connectivity index (χ0n) is 19.8. The van der Waals surface area contributed by atoms with E-state index in [1.807, 2.05) is 26.1 Å². The number of fused-ring (bicyclic) bond motifs is 1. The molecule has 1 saturated heterocycles. The van der Waals surface area contributed by atoms with Crippen LogP contribution in [0.4, 0.5) is 8.78 Å². The molecule has 0 bridgehead atoms. The summed E-state index contributed by atoms with van der Waals surface area (Å²) in [4.78, 5) is 22.1. The van der Waals surface area contributed by atoms with Crippen molar-refractivity contribution in [2.75, 3.05) is 26.3 Å². The largest absolute Gasteiger partial charge is 0.381 e. The Labute approximate surface area is 192 Å². The van der Waals surface area contributed by atoms with E-state index in [9.17, 15) is 13.6 Å². The average molecular weight is 459 g/mol. The van der Waals surface area contributed by atoms with Crippen molar-refractivity contribution >= 4 is 11.0 Å². The fourth-order valence-corrected chi connectivity index (χ4v) is 4.86. The lowest BCUT2D eigenvalue weighted by Gasteiger charge is -2.38. The highest BCUT2D eigenvalue weighted by atomic mass is 19.2. The Morgan fingerprint density at radius 1 is 1.24 bits per heavy atom. The molecule has 4 rings (SSSR count). The molecule has 1 unspecified atom stereocenters. The van der Waals surface area contributed by atoms with Crippen molar-refractivity contribution in [1.29, 1.82) is 0 Å². The van der Waals surface area contributed by atoms with Crippen LogP contribution in [0.1, 0.15) is 44.9 Å². The Morgan fingerprint density at radius 3 is 2.70 bits per heavy atom. The van der Waals surface area contributed by atoms with E-state index < -0.39 is 11.6 Å². The van der Waals surface area contributed by atoms with E-state index in [0.29, 0.717) is 37.2 Å². The molecule has 0 amide bonds. The lowest BCUT2D eigenvalue weighted by molar-refractivity contribution is 0.0359. The first kappa shape index (κ1) is 23.6. The van der Waals surface area contributed by atoms with E-state index >= 15 is 0 Å². The number of ether oxygens (including phenoxy) is 1. The van der Waals surface area contributed by atoms with Gasteiger partial charge in [-0.15, -0.1) is 0 Å². The number of nitrogens with one attached hydrogen (secondary N) is 1. The summed E-state index contributed by atoms with van der Waals surface area (Å²) in [6.45, 7) is 11.7. The minimum absolute atomic E-state index is 0.146. The number of pyridine rings is 1. The lowest BCUT2D eigenvalue weighted by Crippen LogP contribution is -2.42. The van der Waals surface area contributed by atoms with E-state index in [-0.39, 0.29) is 16.6 Å². The van der Waals surface area contributed by atoms with Gasteiger partial charge in [0.15, 0.2) is 11.6 Å². The van der Waals surface area contributed by atoms with Gasteiger partial charge in [0.2, 0.25) is 0 Å². The number of hydrogen-bond donors (Lipinski definition) is 1. The number of rotatable bonds is 8. The molecule has 0 aliphatic carbocycles. The molecule has 1 atom stereocenters. The fourth-order valence-electron chi connectivity index (χ4n) is 4.86. The van der Waals surface area contributed by atoms with Crippen molar-refractivity contribution < 1.29 is 13.5 Å². The van der Waals surface area contributed by atoms with E-state index in [1.165, 1.54) is 4.57 Å². The number of H-pyrrole nitrogens is 1. The molecule has 33 heavy (non-hydrogen) atoms. The number of aryl methyl sites for hydroxylation is 2. The Balaban J connectivity index is 1.57. The summed E-state index contributed by atoms with van der Waals surface area (Å²) in [5, 5.41) is 0. The van der Waals surface area contributed by atoms with Gasteiger partial charge in [-0.3, -0.25) is 14.5 Å². The van der Waals surface area contributed by atoms with Gasteiger partial charge < -0.3 is 9.72 Å². The first-order chi connectivity index (χ1) is 15.6. The summed E-state index contributed by atoms with van der Waals surface area (Å²) in [5.41, 5.74) is 2.13. The van der Waals surface area contributed by atoms with Crippen molar-refractivity contribution in [3.63, 3.8) is 0 Å². The molecule has 1 N–H and O–H groups in total. The summed E-state index contributed by atoms with van der Waals surface area (Å²) in [5.74, 6) is -1.93. The van der Waals surface area contributed by atoms with Gasteiger partial charge >= 0.3 is 5.69 Å². The van der Waals surface area contributed by atoms with Crippen molar-refractivity contribution in [3.8, 4) is 0 Å². The maximum Gasteiger partial charge on any atom is 0.326 e. The summed E-state index contributed by atoms with van der Waals surface area (Å²) in [6.07, 6.45) is 3.56. The number of halogens is 2. The van der Waals surface area contributed by atoms with Crippen LogP contribution < -0.4 is 5.69 Å². The standard InChI is InChI=1S/C25H32F2N4O2/c1-5-33-16-25(8-10-30(15-25)24(3,4)18-7-6-17(2)28-14-18)9-11-31-22-13-20(27)19(26)12-21(22)29-23(31)32/h6-7,12-14H,5,8-11,15-16H2,1-4H3,(H,29,32). The molecular formula is C25H32F2N4O2. The molecule has 1 aliphatic heterocycles. The first-order valence-electron chi connectivity index (χ1n) is 11.5. The molecule has 0 saturated carbocycles. The lowest BCUT2D eigenvalue weighted by atomic mass is 9.84. The van der Waals surface area contributed by atoms with Gasteiger partial charge in [0.25, 0.3) is 0 Å². The predicted molar refractivity (Wildman–Crippen MR) is 124 cm³/mol. The third-order valence-corrected chi connectivity index (χ3v) is 7.14. The summed E-state index contributed by atoms with van der Waals surface area (Å²) in [7, 11) is 0. The Kier molecular flexibility index (Phi) is 6.42. The molecule has 0 spiro atoms. The second-order valence-electron chi connectivity index (χ2n) is 9.67. The number of aromatic amines is 1. The quantitative estimate of drug-likeness (QED) is 0.545. The SMILES string of the molecule is CCOCC1(CCn2c(=O)[nH]c3cc(F)c(F)cc32)CCN(C(C)(C)c2ccc(C)nc2)C1. The van der Waals surface area contributed by atoms with Crippen LogP contribution in [-0.2, 0) is 16.8 Å². The highest BCUT2D eigenvalue weighted by Crippen LogP contribution is 2.41. The van der Waals surface area contributed by atoms with E-state index in [2.05, 4.69) is 34.8 Å². The predicted octanol–water partition coefficient (Wildman–Crippen LogP) is 4.37. The highest BCUT2D eigenvalue weighted by molar-refractivity contribution is 5.75. The number of imidazole rings is 1. The molecule has 1 fully saturated rings. The molecule has 3 aromatic rings. The van der Waals surface area contributed by atoms with Crippen LogP contribution in [0.3, 0.4) is 0 Å². The zero-order chi connectivity index (χ0) is 23.8. The van der Waals surface area contributed by atoms with Gasteiger partial charge in [-0.05, 0) is 58.7 Å². The third-order valence-electron chi connectivity index (χ3n) is 7.14. The average Bonchev–Trinajstić information content (AvgIpc) is 3.33. The Morgan fingerprint density at radius 2 is 2.00 bits per heavy atom. The molecular weight excluding hydrogens is 426 g/mol. The summed E-state index contributed by atoms with van der Waals surface area (Å²) in [6, 6.07) is 6.29. The van der Waals surface area contributed by atoms with Crippen LogP contribution in [0.15, 0.2) is 35.3 Å². The summed E-state index contributed by atoms with van der Waals surface area (Å²) >= 11 is 0. The van der Waals surface area contributed by atoms with Crippen molar-refractivity contribution in [2.24, 2.45) is 5.41 Å². The number of nitrogens with zero attached hydrogens (tertiary/aromatic N) is 3. The Bertz CT molecular complexity index is 1190. The van der Waals surface area contributed by atoms with Gasteiger partial charge in [-0.1, -0.05) is 6.07 Å². The maximum atomic E-state index is 13.9.